The van der Waals surface area contributed by atoms with E-state index in [-0.39, 0.29) is 92.6 Å². The Hall–Kier alpha value is -2.44. The Morgan fingerprint density at radius 2 is 0.460 bits per heavy atom. The molecule has 0 N–H and O–H groups in total. The van der Waals surface area contributed by atoms with Crippen LogP contribution in [0, 0.1) is 0 Å². The number of piperidine rings is 4. The number of carbonyl (C=O) groups is 4. The lowest BCUT2D eigenvalue weighted by Gasteiger charge is -2.54. The van der Waals surface area contributed by atoms with Crippen molar-refractivity contribution in [2.45, 2.75) is 501 Å². The zero-order valence-corrected chi connectivity index (χ0v) is 68.1. The number of esters is 4. The summed E-state index contributed by atoms with van der Waals surface area (Å²) in [6, 6.07) is 0. The van der Waals surface area contributed by atoms with E-state index in [0.717, 1.165) is 180 Å². The van der Waals surface area contributed by atoms with Gasteiger partial charge in [-0.2, -0.15) is 20.3 Å². The molecule has 6 fully saturated rings. The van der Waals surface area contributed by atoms with Gasteiger partial charge in [-0.3, -0.25) is 38.5 Å². The van der Waals surface area contributed by atoms with Crippen LogP contribution in [0.1, 0.15) is 420 Å². The first kappa shape index (κ1) is 88.2. The summed E-state index contributed by atoms with van der Waals surface area (Å²) in [5, 5.41) is 8.79. The van der Waals surface area contributed by atoms with E-state index in [1.54, 1.807) is 0 Å². The minimum atomic E-state index is -0.201. The highest BCUT2D eigenvalue weighted by Gasteiger charge is 2.52. The molecule has 0 atom stereocenters. The second kappa shape index (κ2) is 42.8. The molecule has 0 aromatic rings. The molecule has 0 unspecified atom stereocenters. The van der Waals surface area contributed by atoms with Gasteiger partial charge in [-0.15, -0.1) is 0 Å². The molecule has 100 heavy (non-hydrogen) atoms. The second-order valence-electron chi connectivity index (χ2n) is 36.9. The number of carbonyl (C=O) groups excluding carboxylic acids is 4. The van der Waals surface area contributed by atoms with E-state index in [2.05, 4.69) is 145 Å². The number of nitrogens with zero attached hydrogens (tertiary/aromatic N) is 4. The van der Waals surface area contributed by atoms with Crippen molar-refractivity contribution >= 4 is 23.9 Å². The number of ether oxygens (including phenoxy) is 4. The van der Waals surface area contributed by atoms with Crippen molar-refractivity contribution in [2.75, 3.05) is 13.2 Å². The van der Waals surface area contributed by atoms with Crippen molar-refractivity contribution in [3.8, 4) is 0 Å². The quantitative estimate of drug-likeness (QED) is 0.0323. The molecule has 16 nitrogen and oxygen atoms in total. The molecule has 6 rings (SSSR count). The van der Waals surface area contributed by atoms with E-state index in [9.17, 15) is 19.2 Å². The van der Waals surface area contributed by atoms with Gasteiger partial charge in [0.15, 0.2) is 0 Å². The van der Waals surface area contributed by atoms with E-state index in [1.165, 1.54) is 103 Å². The summed E-state index contributed by atoms with van der Waals surface area (Å²) < 4.78 is 24.1. The number of hydroxylamine groups is 8. The van der Waals surface area contributed by atoms with E-state index in [0.29, 0.717) is 37.9 Å². The molecule has 0 bridgehead atoms. The summed E-state index contributed by atoms with van der Waals surface area (Å²) in [6.07, 6.45) is 47.4. The van der Waals surface area contributed by atoms with Crippen LogP contribution in [0.15, 0.2) is 0 Å². The summed E-state index contributed by atoms with van der Waals surface area (Å²) in [5.41, 5.74) is -1.56. The van der Waals surface area contributed by atoms with Crippen molar-refractivity contribution in [1.29, 1.82) is 0 Å². The molecule has 0 aromatic carbocycles. The predicted molar refractivity (Wildman–Crippen MR) is 405 cm³/mol. The number of rotatable bonds is 42. The maximum Gasteiger partial charge on any atom is 0.306 e. The van der Waals surface area contributed by atoms with E-state index < -0.39 is 0 Å². The van der Waals surface area contributed by atoms with Gasteiger partial charge in [0.25, 0.3) is 0 Å². The van der Waals surface area contributed by atoms with Gasteiger partial charge >= 0.3 is 23.9 Å². The van der Waals surface area contributed by atoms with Gasteiger partial charge in [0.05, 0.1) is 25.4 Å². The first-order valence-corrected chi connectivity index (χ1v) is 41.7. The van der Waals surface area contributed by atoms with E-state index in [1.807, 2.05) is 0 Å². The van der Waals surface area contributed by atoms with Crippen LogP contribution in [0.25, 0.3) is 0 Å². The van der Waals surface area contributed by atoms with Gasteiger partial charge in [0, 0.05) is 121 Å². The highest BCUT2D eigenvalue weighted by Crippen LogP contribution is 2.45. The summed E-state index contributed by atoms with van der Waals surface area (Å²) in [7, 11) is 0. The first-order valence-electron chi connectivity index (χ1n) is 41.7. The average molecular weight is 1410 g/mol. The first-order chi connectivity index (χ1) is 47.1. The Morgan fingerprint density at radius 1 is 0.260 bits per heavy atom. The topological polar surface area (TPSA) is 155 Å². The van der Waals surface area contributed by atoms with Gasteiger partial charge in [-0.05, 0) is 175 Å². The maximum atomic E-state index is 12.8. The standard InChI is InChI=1S/C44H84N2O6.C40H72N2O6/c1-11-13-15-17-23-27-31-49-45-41(3,4)33-37(34-42(45,5)6)51-39(47)29-25-21-19-20-22-26-30-40(48)52-38-35-43(7,8)46(44(9,10)36-38)50-32-28-24-18-16-14-12-2;1-37(2)27-33(28-38(3,4)41(37)47-31-21-15-13-16-22-31)45-35(43)25-19-11-9-10-12-20-26-36(44)46-34-29-39(5,6)42(40(7,8)30-34)48-32-23-17-14-18-24-32/h37-38H,11-36H2,1-10H3;31-34H,9-30H2,1-8H3. The molecule has 0 amide bonds. The summed E-state index contributed by atoms with van der Waals surface area (Å²) in [6.45, 7) is 41.4. The number of hydrogen-bond acceptors (Lipinski definition) is 16. The lowest BCUT2D eigenvalue weighted by atomic mass is 9.80. The Labute approximate surface area is 612 Å². The number of unbranched alkanes of at least 4 members (excludes halogenated alkanes) is 20. The summed E-state index contributed by atoms with van der Waals surface area (Å²) >= 11 is 0. The zero-order valence-electron chi connectivity index (χ0n) is 68.1. The minimum Gasteiger partial charge on any atom is -0.462 e. The molecule has 6 aliphatic rings. The molecule has 584 valence electrons. The van der Waals surface area contributed by atoms with Crippen LogP contribution in [-0.2, 0) is 57.5 Å². The summed E-state index contributed by atoms with van der Waals surface area (Å²) in [5.74, 6) is -0.313. The Kier molecular flexibility index (Phi) is 37.7. The van der Waals surface area contributed by atoms with Gasteiger partial charge in [0.2, 0.25) is 0 Å². The van der Waals surface area contributed by atoms with Crippen LogP contribution in [0.5, 0.6) is 0 Å². The van der Waals surface area contributed by atoms with Crippen LogP contribution >= 0.6 is 0 Å². The molecule has 4 heterocycles. The third kappa shape index (κ3) is 31.2. The second-order valence-corrected chi connectivity index (χ2v) is 36.9. The van der Waals surface area contributed by atoms with Crippen LogP contribution in [0.4, 0.5) is 0 Å². The molecule has 4 aliphatic heterocycles. The lowest BCUT2D eigenvalue weighted by molar-refractivity contribution is -0.318. The number of hydrogen-bond donors (Lipinski definition) is 0. The van der Waals surface area contributed by atoms with Crippen molar-refractivity contribution < 1.29 is 57.5 Å². The van der Waals surface area contributed by atoms with Crippen LogP contribution in [-0.4, -0.2) is 138 Å². The smallest absolute Gasteiger partial charge is 0.306 e. The monoisotopic (exact) mass is 1410 g/mol. The fourth-order valence-corrected chi connectivity index (χ4v) is 18.5. The average Bonchev–Trinajstić information content (AvgIpc) is 0.799. The zero-order chi connectivity index (χ0) is 73.7. The Morgan fingerprint density at radius 3 is 0.690 bits per heavy atom. The van der Waals surface area contributed by atoms with E-state index in [4.69, 9.17) is 38.3 Å². The molecule has 0 spiro atoms. The molecule has 16 heteroatoms. The fourth-order valence-electron chi connectivity index (χ4n) is 18.5. The third-order valence-corrected chi connectivity index (χ3v) is 22.5. The van der Waals surface area contributed by atoms with Crippen molar-refractivity contribution in [2.24, 2.45) is 0 Å². The van der Waals surface area contributed by atoms with Crippen LogP contribution < -0.4 is 0 Å². The molecule has 0 radical (unpaired) electrons. The minimum absolute atomic E-state index is 0.0752. The van der Waals surface area contributed by atoms with Gasteiger partial charge < -0.3 is 18.9 Å². The predicted octanol–water partition coefficient (Wildman–Crippen LogP) is 21.6. The van der Waals surface area contributed by atoms with Crippen LogP contribution in [0.2, 0.25) is 0 Å². The third-order valence-electron chi connectivity index (χ3n) is 22.5. The molecule has 2 aliphatic carbocycles. The Balaban J connectivity index is 0.000000361. The van der Waals surface area contributed by atoms with Gasteiger partial charge in [-0.25, -0.2) is 0 Å². The fraction of sp³-hybridized carbons (Fsp3) is 0.952. The van der Waals surface area contributed by atoms with Crippen LogP contribution in [0.3, 0.4) is 0 Å². The molecular weight excluding hydrogens is 1260 g/mol. The highest BCUT2D eigenvalue weighted by molar-refractivity contribution is 5.70. The van der Waals surface area contributed by atoms with Crippen molar-refractivity contribution in [3.63, 3.8) is 0 Å². The van der Waals surface area contributed by atoms with Gasteiger partial charge in [-0.1, -0.05) is 168 Å². The van der Waals surface area contributed by atoms with Crippen molar-refractivity contribution in [3.05, 3.63) is 0 Å². The Bertz CT molecular complexity index is 2090. The summed E-state index contributed by atoms with van der Waals surface area (Å²) in [4.78, 5) is 76.9. The highest BCUT2D eigenvalue weighted by atomic mass is 16.7. The SMILES string of the molecule is CC1(C)CC(OC(=O)CCCCCCCCC(=O)OC2CC(C)(C)N(OC3CCCCC3)C(C)(C)C2)CC(C)(C)N1OC1CCCCC1.CCCCCCCCON1C(C)(C)CC(OC(=O)CCCCCCCCC(=O)OC2CC(C)(C)N(OCCCCCCCC)C(C)(C)C2)CC1(C)C. The van der Waals surface area contributed by atoms with Crippen molar-refractivity contribution in [1.82, 2.24) is 20.3 Å². The normalized spacial score (nSPS) is 23.1. The molecule has 0 aromatic heterocycles. The van der Waals surface area contributed by atoms with E-state index >= 15 is 0 Å². The maximum absolute atomic E-state index is 12.8. The van der Waals surface area contributed by atoms with Gasteiger partial charge in [0.1, 0.15) is 24.4 Å². The molecule has 2 saturated carbocycles. The largest absolute Gasteiger partial charge is 0.462 e. The molecular formula is C84H156N4O12. The molecule has 4 saturated heterocycles. The lowest BCUT2D eigenvalue weighted by Crippen LogP contribution is -2.63.